The smallest absolute Gasteiger partial charge is 0.212 e. The molecule has 0 saturated carbocycles. The Morgan fingerprint density at radius 2 is 1.85 bits per heavy atom. The molecule has 0 aliphatic carbocycles. The fourth-order valence-corrected chi connectivity index (χ4v) is 5.16. The van der Waals surface area contributed by atoms with Gasteiger partial charge in [-0.05, 0) is 48.4 Å². The zero-order chi connectivity index (χ0) is 19.5. The molecule has 1 aromatic rings. The van der Waals surface area contributed by atoms with Gasteiger partial charge in [-0.15, -0.1) is 18.3 Å². The highest BCUT2D eigenvalue weighted by atomic mass is 32.2. The second-order valence-electron chi connectivity index (χ2n) is 5.46. The Balaban J connectivity index is 3.37. The average Bonchev–Trinajstić information content (AvgIpc) is 2.64. The van der Waals surface area contributed by atoms with Crippen molar-refractivity contribution in [2.45, 2.75) is 31.6 Å². The van der Waals surface area contributed by atoms with Crippen molar-refractivity contribution in [2.75, 3.05) is 34.9 Å². The van der Waals surface area contributed by atoms with Crippen LogP contribution in [-0.2, 0) is 9.59 Å². The lowest BCUT2D eigenvalue weighted by atomic mass is 10.1. The van der Waals surface area contributed by atoms with Crippen molar-refractivity contribution in [2.24, 2.45) is 0 Å². The van der Waals surface area contributed by atoms with Gasteiger partial charge in [-0.2, -0.15) is 0 Å². The maximum Gasteiger partial charge on any atom is 0.212 e. The topological polar surface area (TPSA) is 63.4 Å². The number of rotatable bonds is 11. The monoisotopic (exact) mass is 412 g/mol. The van der Waals surface area contributed by atoms with Gasteiger partial charge in [0.15, 0.2) is 0 Å². The number of nitrogen functional groups attached to an aromatic ring is 1. The summed E-state index contributed by atoms with van der Waals surface area (Å²) >= 11 is 4.00. The maximum absolute atomic E-state index is 13.0. The SMILES string of the molecule is C=CCCN(c1ccc(N)cc1)[C@@H](C(=O)SCC)[C@H](SCC)C(=O)SC. The predicted molar refractivity (Wildman–Crippen MR) is 120 cm³/mol. The number of nitrogens with two attached hydrogens (primary N) is 1. The normalized spacial score (nSPS) is 13.0. The molecule has 0 heterocycles. The van der Waals surface area contributed by atoms with Gasteiger partial charge in [0.2, 0.25) is 10.2 Å². The van der Waals surface area contributed by atoms with Gasteiger partial charge in [-0.25, -0.2) is 0 Å². The van der Waals surface area contributed by atoms with E-state index >= 15 is 0 Å². The molecule has 1 rings (SSSR count). The molecular formula is C19H28N2O2S3. The molecule has 0 spiro atoms. The quantitative estimate of drug-likeness (QED) is 0.429. The summed E-state index contributed by atoms with van der Waals surface area (Å²) in [6.07, 6.45) is 4.33. The van der Waals surface area contributed by atoms with Crippen molar-refractivity contribution >= 4 is 56.9 Å². The number of nitrogens with zero attached hydrogens (tertiary/aromatic N) is 1. The standard InChI is InChI=1S/C19H28N2O2S3/c1-5-8-13-21(15-11-9-14(20)10-12-15)16(18(22)26-7-3)17(25-6-2)19(23)24-4/h5,9-12,16-17H,1,6-8,13,20H2,2-4H3/t16-,17+/m1/s1. The van der Waals surface area contributed by atoms with Crippen LogP contribution in [-0.4, -0.2) is 45.8 Å². The Labute approximate surface area is 169 Å². The van der Waals surface area contributed by atoms with Crippen LogP contribution in [0.3, 0.4) is 0 Å². The molecule has 2 atom stereocenters. The van der Waals surface area contributed by atoms with Gasteiger partial charge in [0.25, 0.3) is 0 Å². The Kier molecular flexibility index (Phi) is 10.9. The first-order valence-corrected chi connectivity index (χ1v) is 11.8. The largest absolute Gasteiger partial charge is 0.399 e. The minimum atomic E-state index is -0.520. The van der Waals surface area contributed by atoms with E-state index < -0.39 is 11.3 Å². The molecule has 4 nitrogen and oxygen atoms in total. The molecule has 26 heavy (non-hydrogen) atoms. The highest BCUT2D eigenvalue weighted by molar-refractivity contribution is 8.16. The van der Waals surface area contributed by atoms with Crippen molar-refractivity contribution in [3.8, 4) is 0 Å². The van der Waals surface area contributed by atoms with Crippen molar-refractivity contribution in [3.63, 3.8) is 0 Å². The molecule has 144 valence electrons. The molecule has 0 bridgehead atoms. The molecule has 0 aromatic heterocycles. The summed E-state index contributed by atoms with van der Waals surface area (Å²) in [5.74, 6) is 1.46. The van der Waals surface area contributed by atoms with E-state index in [0.29, 0.717) is 18.0 Å². The number of carbonyl (C=O) groups excluding carboxylic acids is 2. The van der Waals surface area contributed by atoms with E-state index in [1.54, 1.807) is 6.26 Å². The summed E-state index contributed by atoms with van der Waals surface area (Å²) in [7, 11) is 0. The van der Waals surface area contributed by atoms with E-state index in [9.17, 15) is 9.59 Å². The minimum absolute atomic E-state index is 0.0294. The van der Waals surface area contributed by atoms with E-state index in [1.807, 2.05) is 49.1 Å². The van der Waals surface area contributed by atoms with Gasteiger partial charge in [0.1, 0.15) is 11.3 Å². The lowest BCUT2D eigenvalue weighted by molar-refractivity contribution is -0.116. The highest BCUT2D eigenvalue weighted by Gasteiger charge is 2.38. The highest BCUT2D eigenvalue weighted by Crippen LogP contribution is 2.31. The first-order valence-electron chi connectivity index (χ1n) is 8.59. The third-order valence-electron chi connectivity index (χ3n) is 3.73. The van der Waals surface area contributed by atoms with Crippen LogP contribution in [0.4, 0.5) is 11.4 Å². The van der Waals surface area contributed by atoms with Crippen LogP contribution in [0.15, 0.2) is 36.9 Å². The van der Waals surface area contributed by atoms with Crippen molar-refractivity contribution in [1.29, 1.82) is 0 Å². The van der Waals surface area contributed by atoms with Gasteiger partial charge >= 0.3 is 0 Å². The molecule has 7 heteroatoms. The lowest BCUT2D eigenvalue weighted by Crippen LogP contribution is -2.50. The van der Waals surface area contributed by atoms with E-state index in [1.165, 1.54) is 35.3 Å². The number of hydrogen-bond donors (Lipinski definition) is 1. The number of hydrogen-bond acceptors (Lipinski definition) is 7. The predicted octanol–water partition coefficient (Wildman–Crippen LogP) is 4.31. The van der Waals surface area contributed by atoms with Gasteiger partial charge in [0.05, 0.1) is 0 Å². The molecular weight excluding hydrogens is 384 g/mol. The van der Waals surface area contributed by atoms with Gasteiger partial charge in [0, 0.05) is 17.9 Å². The number of anilines is 2. The zero-order valence-electron chi connectivity index (χ0n) is 15.6. The number of thioether (sulfide) groups is 3. The van der Waals surface area contributed by atoms with Crippen LogP contribution in [0.25, 0.3) is 0 Å². The molecule has 0 amide bonds. The summed E-state index contributed by atoms with van der Waals surface area (Å²) in [6.45, 7) is 8.39. The van der Waals surface area contributed by atoms with Crippen molar-refractivity contribution in [1.82, 2.24) is 0 Å². The van der Waals surface area contributed by atoms with Crippen molar-refractivity contribution < 1.29 is 9.59 Å². The molecule has 0 aliphatic heterocycles. The summed E-state index contributed by atoms with van der Waals surface area (Å²) < 4.78 is 0. The summed E-state index contributed by atoms with van der Waals surface area (Å²) in [5, 5.41) is -0.350. The molecule has 0 saturated heterocycles. The first-order chi connectivity index (χ1) is 12.5. The Morgan fingerprint density at radius 3 is 2.35 bits per heavy atom. The maximum atomic E-state index is 13.0. The number of benzene rings is 1. The second-order valence-corrected chi connectivity index (χ2v) is 8.96. The minimum Gasteiger partial charge on any atom is -0.399 e. The molecule has 0 fully saturated rings. The molecule has 1 aromatic carbocycles. The Bertz CT molecular complexity index is 593. The Morgan fingerprint density at radius 1 is 1.19 bits per heavy atom. The fourth-order valence-electron chi connectivity index (χ4n) is 2.55. The summed E-state index contributed by atoms with van der Waals surface area (Å²) in [5.41, 5.74) is 7.38. The second kappa shape index (κ2) is 12.4. The van der Waals surface area contributed by atoms with Crippen LogP contribution in [0.5, 0.6) is 0 Å². The Hall–Kier alpha value is -1.05. The van der Waals surface area contributed by atoms with Crippen LogP contribution in [0.2, 0.25) is 0 Å². The van der Waals surface area contributed by atoms with E-state index in [2.05, 4.69) is 6.58 Å². The molecule has 0 unspecified atom stereocenters. The molecule has 0 radical (unpaired) electrons. The average molecular weight is 413 g/mol. The van der Waals surface area contributed by atoms with E-state index in [0.717, 1.165) is 17.9 Å². The fraction of sp³-hybridized carbons (Fsp3) is 0.474. The zero-order valence-corrected chi connectivity index (χ0v) is 18.1. The van der Waals surface area contributed by atoms with Crippen LogP contribution >= 0.6 is 35.3 Å². The number of carbonyl (C=O) groups is 2. The van der Waals surface area contributed by atoms with Crippen LogP contribution in [0, 0.1) is 0 Å². The molecule has 2 N–H and O–H groups in total. The van der Waals surface area contributed by atoms with Crippen molar-refractivity contribution in [3.05, 3.63) is 36.9 Å². The third kappa shape index (κ3) is 6.59. The third-order valence-corrected chi connectivity index (χ3v) is 6.51. The summed E-state index contributed by atoms with van der Waals surface area (Å²) in [6, 6.07) is 6.94. The summed E-state index contributed by atoms with van der Waals surface area (Å²) in [4.78, 5) is 27.7. The lowest BCUT2D eigenvalue weighted by Gasteiger charge is -2.36. The van der Waals surface area contributed by atoms with Crippen LogP contribution < -0.4 is 10.6 Å². The van der Waals surface area contributed by atoms with E-state index in [-0.39, 0.29) is 10.2 Å². The van der Waals surface area contributed by atoms with Gasteiger partial charge in [-0.1, -0.05) is 43.4 Å². The molecule has 0 aliphatic rings. The first kappa shape index (κ1) is 23.0. The van der Waals surface area contributed by atoms with Crippen LogP contribution in [0.1, 0.15) is 20.3 Å². The van der Waals surface area contributed by atoms with Gasteiger partial charge < -0.3 is 10.6 Å². The van der Waals surface area contributed by atoms with E-state index in [4.69, 9.17) is 5.73 Å². The van der Waals surface area contributed by atoms with Gasteiger partial charge in [-0.3, -0.25) is 9.59 Å².